The molecule has 0 saturated heterocycles. The Morgan fingerprint density at radius 1 is 1.37 bits per heavy atom. The SMILES string of the molecule is Cc1nscc1C(=O)N[C@H]1CCCCC[C@H]1C(=O)O. The van der Waals surface area contributed by atoms with E-state index in [1.165, 1.54) is 11.5 Å². The zero-order valence-corrected chi connectivity index (χ0v) is 11.7. The van der Waals surface area contributed by atoms with Crippen LogP contribution in [0.4, 0.5) is 0 Å². The quantitative estimate of drug-likeness (QED) is 0.833. The molecule has 1 aliphatic rings. The Labute approximate surface area is 116 Å². The molecule has 6 heteroatoms. The van der Waals surface area contributed by atoms with E-state index in [0.717, 1.165) is 25.7 Å². The molecule has 104 valence electrons. The molecule has 1 aromatic heterocycles. The Balaban J connectivity index is 2.08. The van der Waals surface area contributed by atoms with Gasteiger partial charge in [0.05, 0.1) is 17.2 Å². The summed E-state index contributed by atoms with van der Waals surface area (Å²) in [5.74, 6) is -1.49. The van der Waals surface area contributed by atoms with Crippen LogP contribution in [0.25, 0.3) is 0 Å². The highest BCUT2D eigenvalue weighted by Gasteiger charge is 2.31. The lowest BCUT2D eigenvalue weighted by Gasteiger charge is -2.22. The molecule has 2 rings (SSSR count). The van der Waals surface area contributed by atoms with E-state index in [9.17, 15) is 14.7 Å². The van der Waals surface area contributed by atoms with Gasteiger partial charge in [0.2, 0.25) is 0 Å². The third-order valence-electron chi connectivity index (χ3n) is 3.64. The first kappa shape index (κ1) is 14.0. The Morgan fingerprint density at radius 3 is 2.74 bits per heavy atom. The molecular weight excluding hydrogens is 264 g/mol. The van der Waals surface area contributed by atoms with Gasteiger partial charge in [0, 0.05) is 11.4 Å². The van der Waals surface area contributed by atoms with Crippen LogP contribution in [0.2, 0.25) is 0 Å². The summed E-state index contributed by atoms with van der Waals surface area (Å²) in [6.45, 7) is 1.78. The van der Waals surface area contributed by atoms with Crippen molar-refractivity contribution >= 4 is 23.4 Å². The van der Waals surface area contributed by atoms with Gasteiger partial charge in [-0.1, -0.05) is 19.3 Å². The van der Waals surface area contributed by atoms with Gasteiger partial charge in [-0.15, -0.1) is 0 Å². The number of amides is 1. The number of aryl methyl sites for hydroxylation is 1. The fourth-order valence-electron chi connectivity index (χ4n) is 2.53. The minimum Gasteiger partial charge on any atom is -0.481 e. The highest BCUT2D eigenvalue weighted by molar-refractivity contribution is 7.03. The minimum absolute atomic E-state index is 0.204. The number of nitrogens with zero attached hydrogens (tertiary/aromatic N) is 1. The van der Waals surface area contributed by atoms with Crippen molar-refractivity contribution in [1.82, 2.24) is 9.69 Å². The lowest BCUT2D eigenvalue weighted by molar-refractivity contribution is -0.142. The maximum Gasteiger partial charge on any atom is 0.308 e. The number of carboxylic acids is 1. The number of hydrogen-bond donors (Lipinski definition) is 2. The molecule has 0 unspecified atom stereocenters. The average Bonchev–Trinajstić information content (AvgIpc) is 2.65. The molecule has 0 aromatic carbocycles. The molecule has 1 heterocycles. The van der Waals surface area contributed by atoms with E-state index >= 15 is 0 Å². The Kier molecular flexibility index (Phi) is 4.52. The molecule has 2 atom stereocenters. The summed E-state index contributed by atoms with van der Waals surface area (Å²) >= 11 is 1.24. The Hall–Kier alpha value is -1.43. The maximum atomic E-state index is 12.1. The van der Waals surface area contributed by atoms with Gasteiger partial charge in [-0.25, -0.2) is 0 Å². The number of rotatable bonds is 3. The second-order valence-electron chi connectivity index (χ2n) is 4.98. The summed E-state index contributed by atoms with van der Waals surface area (Å²) < 4.78 is 4.07. The lowest BCUT2D eigenvalue weighted by Crippen LogP contribution is -2.42. The monoisotopic (exact) mass is 282 g/mol. The van der Waals surface area contributed by atoms with E-state index < -0.39 is 11.9 Å². The van der Waals surface area contributed by atoms with Crippen LogP contribution >= 0.6 is 11.5 Å². The summed E-state index contributed by atoms with van der Waals surface area (Å²) in [4.78, 5) is 23.4. The van der Waals surface area contributed by atoms with Crippen LogP contribution in [-0.4, -0.2) is 27.4 Å². The fourth-order valence-corrected chi connectivity index (χ4v) is 3.22. The molecule has 1 amide bonds. The lowest BCUT2D eigenvalue weighted by atomic mass is 9.94. The van der Waals surface area contributed by atoms with E-state index in [2.05, 4.69) is 9.69 Å². The predicted octanol–water partition coefficient (Wildman–Crippen LogP) is 2.21. The topological polar surface area (TPSA) is 79.3 Å². The molecule has 5 nitrogen and oxygen atoms in total. The summed E-state index contributed by atoms with van der Waals surface area (Å²) in [5, 5.41) is 13.9. The van der Waals surface area contributed by atoms with Crippen molar-refractivity contribution in [3.63, 3.8) is 0 Å². The molecule has 1 aliphatic carbocycles. The van der Waals surface area contributed by atoms with Crippen LogP contribution in [0.1, 0.15) is 48.2 Å². The second-order valence-corrected chi connectivity index (χ2v) is 5.61. The van der Waals surface area contributed by atoms with Crippen molar-refractivity contribution in [2.45, 2.75) is 45.1 Å². The number of carbonyl (C=O) groups excluding carboxylic acids is 1. The maximum absolute atomic E-state index is 12.1. The summed E-state index contributed by atoms with van der Waals surface area (Å²) in [5.41, 5.74) is 1.25. The zero-order valence-electron chi connectivity index (χ0n) is 10.9. The highest BCUT2D eigenvalue weighted by atomic mass is 32.1. The van der Waals surface area contributed by atoms with E-state index in [1.54, 1.807) is 12.3 Å². The number of hydrogen-bond acceptors (Lipinski definition) is 4. The van der Waals surface area contributed by atoms with Gasteiger partial charge in [-0.05, 0) is 31.3 Å². The third kappa shape index (κ3) is 3.32. The standard InChI is InChI=1S/C13H18N2O3S/c1-8-10(7-19-15-8)12(16)14-11-6-4-2-3-5-9(11)13(17)18/h7,9,11H,2-6H2,1H3,(H,14,16)(H,17,18)/t9-,11+/m1/s1. The fraction of sp³-hybridized carbons (Fsp3) is 0.615. The molecule has 1 aromatic rings. The number of carbonyl (C=O) groups is 2. The van der Waals surface area contributed by atoms with Crippen LogP contribution in [0.15, 0.2) is 5.38 Å². The molecule has 0 aliphatic heterocycles. The molecule has 0 spiro atoms. The molecular formula is C13H18N2O3S. The first-order valence-electron chi connectivity index (χ1n) is 6.54. The first-order chi connectivity index (χ1) is 9.09. The van der Waals surface area contributed by atoms with Crippen molar-refractivity contribution in [2.75, 3.05) is 0 Å². The molecule has 2 N–H and O–H groups in total. The van der Waals surface area contributed by atoms with Gasteiger partial charge < -0.3 is 10.4 Å². The van der Waals surface area contributed by atoms with E-state index in [0.29, 0.717) is 17.7 Å². The highest BCUT2D eigenvalue weighted by Crippen LogP contribution is 2.24. The van der Waals surface area contributed by atoms with Crippen LogP contribution in [0.5, 0.6) is 0 Å². The summed E-state index contributed by atoms with van der Waals surface area (Å²) in [7, 11) is 0. The van der Waals surface area contributed by atoms with E-state index in [-0.39, 0.29) is 11.9 Å². The summed E-state index contributed by atoms with van der Waals surface area (Å²) in [6.07, 6.45) is 4.30. The van der Waals surface area contributed by atoms with Crippen LogP contribution in [0, 0.1) is 12.8 Å². The van der Waals surface area contributed by atoms with Gasteiger partial charge >= 0.3 is 5.97 Å². The number of nitrogens with one attached hydrogen (secondary N) is 1. The molecule has 1 saturated carbocycles. The number of carboxylic acid groups (broad SMARTS) is 1. The number of aromatic nitrogens is 1. The zero-order chi connectivity index (χ0) is 13.8. The van der Waals surface area contributed by atoms with Gasteiger partial charge in [-0.3, -0.25) is 9.59 Å². The van der Waals surface area contributed by atoms with Crippen molar-refractivity contribution in [2.24, 2.45) is 5.92 Å². The van der Waals surface area contributed by atoms with Crippen LogP contribution < -0.4 is 5.32 Å². The van der Waals surface area contributed by atoms with Crippen molar-refractivity contribution < 1.29 is 14.7 Å². The van der Waals surface area contributed by atoms with Crippen LogP contribution in [-0.2, 0) is 4.79 Å². The molecule has 0 bridgehead atoms. The van der Waals surface area contributed by atoms with Crippen molar-refractivity contribution in [1.29, 1.82) is 0 Å². The van der Waals surface area contributed by atoms with E-state index in [1.807, 2.05) is 0 Å². The Morgan fingerprint density at radius 2 is 2.11 bits per heavy atom. The normalized spacial score (nSPS) is 23.6. The smallest absolute Gasteiger partial charge is 0.308 e. The van der Waals surface area contributed by atoms with Gasteiger partial charge in [0.1, 0.15) is 0 Å². The predicted molar refractivity (Wildman–Crippen MR) is 72.3 cm³/mol. The van der Waals surface area contributed by atoms with E-state index in [4.69, 9.17) is 0 Å². The Bertz CT molecular complexity index is 472. The minimum atomic E-state index is -0.813. The molecule has 0 radical (unpaired) electrons. The van der Waals surface area contributed by atoms with Gasteiger partial charge in [0.15, 0.2) is 0 Å². The average molecular weight is 282 g/mol. The second kappa shape index (κ2) is 6.14. The van der Waals surface area contributed by atoms with Gasteiger partial charge in [0.25, 0.3) is 5.91 Å². The van der Waals surface area contributed by atoms with Crippen molar-refractivity contribution in [3.05, 3.63) is 16.6 Å². The molecule has 19 heavy (non-hydrogen) atoms. The third-order valence-corrected chi connectivity index (χ3v) is 4.36. The van der Waals surface area contributed by atoms with Crippen LogP contribution in [0.3, 0.4) is 0 Å². The largest absolute Gasteiger partial charge is 0.481 e. The summed E-state index contributed by atoms with van der Waals surface area (Å²) in [6, 6.07) is -0.271. The first-order valence-corrected chi connectivity index (χ1v) is 7.38. The number of aliphatic carboxylic acids is 1. The van der Waals surface area contributed by atoms with Crippen molar-refractivity contribution in [3.8, 4) is 0 Å². The van der Waals surface area contributed by atoms with Gasteiger partial charge in [-0.2, -0.15) is 4.37 Å². The molecule has 1 fully saturated rings.